The second kappa shape index (κ2) is 5.22. The molecule has 0 saturated heterocycles. The summed E-state index contributed by atoms with van der Waals surface area (Å²) in [4.78, 5) is 0.0220. The van der Waals surface area contributed by atoms with Gasteiger partial charge in [-0.25, -0.2) is 16.8 Å². The second-order valence-electron chi connectivity index (χ2n) is 4.89. The van der Waals surface area contributed by atoms with E-state index in [9.17, 15) is 16.8 Å². The van der Waals surface area contributed by atoms with Gasteiger partial charge in [0.05, 0.1) is 9.79 Å². The lowest BCUT2D eigenvalue weighted by atomic mass is 9.95. The van der Waals surface area contributed by atoms with Gasteiger partial charge in [-0.15, -0.1) is 0 Å². The molecule has 1 aromatic rings. The predicted octanol–water partition coefficient (Wildman–Crippen LogP) is 0.944. The van der Waals surface area contributed by atoms with Gasteiger partial charge in [-0.3, -0.25) is 0 Å². The molecule has 5 nitrogen and oxygen atoms in total. The van der Waals surface area contributed by atoms with E-state index < -0.39 is 19.7 Å². The molecule has 19 heavy (non-hydrogen) atoms. The summed E-state index contributed by atoms with van der Waals surface area (Å²) in [5.74, 6) is -0.182. The average molecular weight is 305 g/mol. The van der Waals surface area contributed by atoms with Crippen molar-refractivity contribution in [2.75, 3.05) is 12.5 Å². The molecule has 7 heteroatoms. The first-order chi connectivity index (χ1) is 8.44. The molecule has 0 heterocycles. The van der Waals surface area contributed by atoms with Crippen molar-refractivity contribution in [2.45, 2.75) is 35.6 Å². The summed E-state index contributed by atoms with van der Waals surface area (Å²) in [5.41, 5.74) is 6.34. The maximum absolute atomic E-state index is 11.8. The molecule has 2 atom stereocenters. The van der Waals surface area contributed by atoms with E-state index in [4.69, 9.17) is 5.73 Å². The van der Waals surface area contributed by atoms with Gasteiger partial charge in [-0.2, -0.15) is 0 Å². The van der Waals surface area contributed by atoms with Gasteiger partial charge in [0.2, 0.25) is 0 Å². The van der Waals surface area contributed by atoms with Crippen molar-refractivity contribution in [2.24, 2.45) is 5.73 Å². The minimum atomic E-state index is -3.51. The number of rotatable bonds is 4. The molecule has 0 aliphatic heterocycles. The van der Waals surface area contributed by atoms with Crippen molar-refractivity contribution < 1.29 is 16.8 Å². The van der Waals surface area contributed by atoms with Gasteiger partial charge in [0, 0.05) is 18.6 Å². The largest absolute Gasteiger partial charge is 0.327 e. The van der Waals surface area contributed by atoms with E-state index >= 15 is 0 Å². The fourth-order valence-electron chi connectivity index (χ4n) is 1.73. The summed E-state index contributed by atoms with van der Waals surface area (Å²) in [7, 11) is -6.96. The zero-order valence-electron chi connectivity index (χ0n) is 11.4. The maximum atomic E-state index is 11.8. The van der Waals surface area contributed by atoms with E-state index in [0.29, 0.717) is 5.56 Å². The average Bonchev–Trinajstić information content (AvgIpc) is 2.24. The van der Waals surface area contributed by atoms with Crippen LogP contribution in [0.4, 0.5) is 0 Å². The summed E-state index contributed by atoms with van der Waals surface area (Å²) in [6.45, 7) is 3.59. The van der Waals surface area contributed by atoms with Gasteiger partial charge in [0.15, 0.2) is 19.7 Å². The van der Waals surface area contributed by atoms with Gasteiger partial charge < -0.3 is 5.73 Å². The number of sulfone groups is 2. The molecule has 1 rings (SSSR count). The first-order valence-corrected chi connectivity index (χ1v) is 9.52. The fourth-order valence-corrected chi connectivity index (χ4v) is 3.47. The van der Waals surface area contributed by atoms with Crippen LogP contribution in [0.1, 0.15) is 25.3 Å². The quantitative estimate of drug-likeness (QED) is 0.893. The SMILES string of the molecule is CC(N)C(C)c1ccc(S(C)(=O)=O)cc1S(C)(=O)=O. The molecular formula is C12H19NO4S2. The van der Waals surface area contributed by atoms with Crippen molar-refractivity contribution in [3.05, 3.63) is 23.8 Å². The molecule has 2 unspecified atom stereocenters. The van der Waals surface area contributed by atoms with Crippen molar-refractivity contribution in [3.8, 4) is 0 Å². The van der Waals surface area contributed by atoms with E-state index in [1.165, 1.54) is 18.2 Å². The summed E-state index contributed by atoms with van der Waals surface area (Å²) in [6, 6.07) is 3.92. The molecule has 0 bridgehead atoms. The summed E-state index contributed by atoms with van der Waals surface area (Å²) >= 11 is 0. The van der Waals surface area contributed by atoms with Crippen LogP contribution >= 0.6 is 0 Å². The van der Waals surface area contributed by atoms with Gasteiger partial charge in [-0.05, 0) is 30.5 Å². The minimum absolute atomic E-state index is 0.00597. The van der Waals surface area contributed by atoms with Crippen molar-refractivity contribution in [1.82, 2.24) is 0 Å². The fraction of sp³-hybridized carbons (Fsp3) is 0.500. The van der Waals surface area contributed by atoms with Crippen molar-refractivity contribution in [3.63, 3.8) is 0 Å². The summed E-state index contributed by atoms with van der Waals surface area (Å²) < 4.78 is 46.7. The highest BCUT2D eigenvalue weighted by atomic mass is 32.2. The normalized spacial score (nSPS) is 16.1. The Kier molecular flexibility index (Phi) is 4.44. The zero-order chi connectivity index (χ0) is 15.0. The van der Waals surface area contributed by atoms with Gasteiger partial charge in [0.25, 0.3) is 0 Å². The highest BCUT2D eigenvalue weighted by Gasteiger charge is 2.22. The number of hydrogen-bond acceptors (Lipinski definition) is 5. The lowest BCUT2D eigenvalue weighted by Gasteiger charge is -2.19. The van der Waals surface area contributed by atoms with Crippen LogP contribution in [0.2, 0.25) is 0 Å². The lowest BCUT2D eigenvalue weighted by molar-refractivity contribution is 0.583. The Labute approximate surface area is 114 Å². The predicted molar refractivity (Wildman–Crippen MR) is 74.7 cm³/mol. The highest BCUT2D eigenvalue weighted by Crippen LogP contribution is 2.28. The molecule has 108 valence electrons. The van der Waals surface area contributed by atoms with Crippen LogP contribution in [0.3, 0.4) is 0 Å². The van der Waals surface area contributed by atoms with Crippen LogP contribution in [0.5, 0.6) is 0 Å². The summed E-state index contributed by atoms with van der Waals surface area (Å²) in [6.07, 6.45) is 2.11. The molecular weight excluding hydrogens is 286 g/mol. The molecule has 0 saturated carbocycles. The van der Waals surface area contributed by atoms with E-state index in [-0.39, 0.29) is 21.8 Å². The molecule has 0 aliphatic rings. The maximum Gasteiger partial charge on any atom is 0.175 e. The van der Waals surface area contributed by atoms with Crippen LogP contribution in [0.15, 0.2) is 28.0 Å². The van der Waals surface area contributed by atoms with E-state index in [0.717, 1.165) is 12.5 Å². The Morgan fingerprint density at radius 3 is 1.89 bits per heavy atom. The standard InChI is InChI=1S/C12H19NO4S2/c1-8(9(2)13)11-6-5-10(18(3,14)15)7-12(11)19(4,16)17/h5-9H,13H2,1-4H3. The second-order valence-corrected chi connectivity index (χ2v) is 8.89. The van der Waals surface area contributed by atoms with Gasteiger partial charge in [-0.1, -0.05) is 13.0 Å². The Balaban J connectivity index is 3.61. The van der Waals surface area contributed by atoms with Gasteiger partial charge in [0.1, 0.15) is 0 Å². The van der Waals surface area contributed by atoms with Crippen LogP contribution in [0.25, 0.3) is 0 Å². The van der Waals surface area contributed by atoms with E-state index in [1.54, 1.807) is 6.92 Å². The van der Waals surface area contributed by atoms with Crippen LogP contribution in [0, 0.1) is 0 Å². The van der Waals surface area contributed by atoms with E-state index in [2.05, 4.69) is 0 Å². The topological polar surface area (TPSA) is 94.3 Å². The number of nitrogens with two attached hydrogens (primary N) is 1. The Bertz CT molecular complexity index is 676. The smallest absolute Gasteiger partial charge is 0.175 e. The van der Waals surface area contributed by atoms with Crippen molar-refractivity contribution >= 4 is 19.7 Å². The van der Waals surface area contributed by atoms with Gasteiger partial charge >= 0.3 is 0 Å². The van der Waals surface area contributed by atoms with Crippen molar-refractivity contribution in [1.29, 1.82) is 0 Å². The van der Waals surface area contributed by atoms with E-state index in [1.807, 2.05) is 6.92 Å². The monoisotopic (exact) mass is 305 g/mol. The Hall–Kier alpha value is -0.920. The third-order valence-corrected chi connectivity index (χ3v) is 5.35. The highest BCUT2D eigenvalue weighted by molar-refractivity contribution is 7.91. The zero-order valence-corrected chi connectivity index (χ0v) is 13.0. The van der Waals surface area contributed by atoms with Crippen LogP contribution in [-0.4, -0.2) is 35.4 Å². The Morgan fingerprint density at radius 1 is 1.00 bits per heavy atom. The van der Waals surface area contributed by atoms with Crippen LogP contribution in [-0.2, 0) is 19.7 Å². The number of hydrogen-bond donors (Lipinski definition) is 1. The third kappa shape index (κ3) is 3.77. The lowest BCUT2D eigenvalue weighted by Crippen LogP contribution is -2.24. The molecule has 0 radical (unpaired) electrons. The Morgan fingerprint density at radius 2 is 1.53 bits per heavy atom. The van der Waals surface area contributed by atoms with Crippen LogP contribution < -0.4 is 5.73 Å². The molecule has 0 aliphatic carbocycles. The first kappa shape index (κ1) is 16.1. The molecule has 0 spiro atoms. The molecule has 1 aromatic carbocycles. The number of benzene rings is 1. The summed E-state index contributed by atoms with van der Waals surface area (Å²) in [5, 5.41) is 0. The molecule has 0 aromatic heterocycles. The molecule has 0 fully saturated rings. The molecule has 0 amide bonds. The third-order valence-electron chi connectivity index (χ3n) is 3.09. The first-order valence-electron chi connectivity index (χ1n) is 5.74. The minimum Gasteiger partial charge on any atom is -0.327 e. The molecule has 2 N–H and O–H groups in total.